The average molecular weight is 354 g/mol. The van der Waals surface area contributed by atoms with Crippen molar-refractivity contribution >= 4 is 0 Å². The number of rotatable bonds is 10. The molecule has 0 bridgehead atoms. The maximum atomic E-state index is 5.88. The standard InChI is InChI=1S/C22H30N2O2/c1-17(9-11-25-15-19-6-4-3-5-7-19)18(2)20-12-22(14-23-13-20)26-16-21-8-10-24-21/h3-7,12-14,17-18,21,24H,8-11,15-16H2,1-2H3/t17-,18+,21+/m1/s1. The number of hydrogen-bond acceptors (Lipinski definition) is 4. The Morgan fingerprint density at radius 1 is 1.19 bits per heavy atom. The lowest BCUT2D eigenvalue weighted by atomic mass is 9.88. The van der Waals surface area contributed by atoms with Crippen LogP contribution in [0.15, 0.2) is 48.8 Å². The number of pyridine rings is 1. The Balaban J connectivity index is 1.42. The molecule has 0 spiro atoms. The van der Waals surface area contributed by atoms with Gasteiger partial charge in [-0.2, -0.15) is 0 Å². The first-order chi connectivity index (χ1) is 12.7. The van der Waals surface area contributed by atoms with Crippen molar-refractivity contribution < 1.29 is 9.47 Å². The maximum Gasteiger partial charge on any atom is 0.137 e. The van der Waals surface area contributed by atoms with Crippen LogP contribution in [0.5, 0.6) is 5.75 Å². The maximum absolute atomic E-state index is 5.88. The van der Waals surface area contributed by atoms with Crippen LogP contribution in [0.2, 0.25) is 0 Å². The number of nitrogens with one attached hydrogen (secondary N) is 1. The molecule has 0 unspecified atom stereocenters. The van der Waals surface area contributed by atoms with Crippen molar-refractivity contribution in [1.29, 1.82) is 0 Å². The van der Waals surface area contributed by atoms with Gasteiger partial charge in [0.1, 0.15) is 12.4 Å². The van der Waals surface area contributed by atoms with Crippen LogP contribution in [0.25, 0.3) is 0 Å². The predicted octanol–water partition coefficient (Wildman–Crippen LogP) is 4.17. The fraction of sp³-hybridized carbons (Fsp3) is 0.500. The molecule has 0 aliphatic carbocycles. The van der Waals surface area contributed by atoms with Crippen molar-refractivity contribution in [1.82, 2.24) is 10.3 Å². The van der Waals surface area contributed by atoms with Gasteiger partial charge >= 0.3 is 0 Å². The van der Waals surface area contributed by atoms with Crippen molar-refractivity contribution in [2.24, 2.45) is 5.92 Å². The zero-order chi connectivity index (χ0) is 18.2. The summed E-state index contributed by atoms with van der Waals surface area (Å²) in [5.41, 5.74) is 2.46. The first-order valence-corrected chi connectivity index (χ1v) is 9.65. The molecule has 4 heteroatoms. The van der Waals surface area contributed by atoms with E-state index in [0.717, 1.165) is 31.9 Å². The monoisotopic (exact) mass is 354 g/mol. The van der Waals surface area contributed by atoms with Gasteiger partial charge in [-0.05, 0) is 48.4 Å². The molecule has 1 fully saturated rings. The molecule has 140 valence electrons. The molecule has 0 saturated carbocycles. The van der Waals surface area contributed by atoms with Gasteiger partial charge in [0, 0.05) is 18.8 Å². The van der Waals surface area contributed by atoms with Crippen LogP contribution in [-0.2, 0) is 11.3 Å². The minimum Gasteiger partial charge on any atom is -0.490 e. The zero-order valence-corrected chi connectivity index (χ0v) is 15.9. The lowest BCUT2D eigenvalue weighted by molar-refractivity contribution is 0.106. The van der Waals surface area contributed by atoms with E-state index in [2.05, 4.69) is 42.3 Å². The molecule has 2 aromatic rings. The van der Waals surface area contributed by atoms with E-state index in [4.69, 9.17) is 9.47 Å². The first kappa shape index (κ1) is 18.9. The molecule has 1 aliphatic heterocycles. The van der Waals surface area contributed by atoms with Crippen molar-refractivity contribution in [2.45, 2.75) is 45.3 Å². The highest BCUT2D eigenvalue weighted by Crippen LogP contribution is 2.28. The lowest BCUT2D eigenvalue weighted by Gasteiger charge is -2.27. The third kappa shape index (κ3) is 5.55. The van der Waals surface area contributed by atoms with E-state index >= 15 is 0 Å². The fourth-order valence-corrected chi connectivity index (χ4v) is 3.06. The van der Waals surface area contributed by atoms with E-state index in [0.29, 0.717) is 24.5 Å². The van der Waals surface area contributed by atoms with Crippen molar-refractivity contribution in [3.8, 4) is 5.75 Å². The SMILES string of the molecule is C[C@H](CCOCc1ccccc1)[C@H](C)c1cncc(OC[C@@H]2CCN2)c1. The molecule has 1 N–H and O–H groups in total. The second-order valence-corrected chi connectivity index (χ2v) is 7.30. The summed E-state index contributed by atoms with van der Waals surface area (Å²) in [4.78, 5) is 4.37. The van der Waals surface area contributed by atoms with Crippen molar-refractivity contribution in [2.75, 3.05) is 19.8 Å². The van der Waals surface area contributed by atoms with Gasteiger partial charge in [-0.3, -0.25) is 4.98 Å². The molecule has 4 nitrogen and oxygen atoms in total. The van der Waals surface area contributed by atoms with Gasteiger partial charge in [-0.15, -0.1) is 0 Å². The van der Waals surface area contributed by atoms with E-state index in [1.165, 1.54) is 17.5 Å². The van der Waals surface area contributed by atoms with Gasteiger partial charge in [0.05, 0.1) is 12.8 Å². The minimum absolute atomic E-state index is 0.424. The molecule has 1 aliphatic rings. The van der Waals surface area contributed by atoms with E-state index in [1.54, 1.807) is 0 Å². The molecule has 1 saturated heterocycles. The largest absolute Gasteiger partial charge is 0.490 e. The lowest BCUT2D eigenvalue weighted by Crippen LogP contribution is -2.46. The normalized spacial score (nSPS) is 18.8. The number of aromatic nitrogens is 1. The first-order valence-electron chi connectivity index (χ1n) is 9.65. The number of benzene rings is 1. The van der Waals surface area contributed by atoms with E-state index in [9.17, 15) is 0 Å². The Morgan fingerprint density at radius 3 is 2.73 bits per heavy atom. The van der Waals surface area contributed by atoms with Gasteiger partial charge in [-0.1, -0.05) is 44.2 Å². The molecule has 3 rings (SSSR count). The minimum atomic E-state index is 0.424. The van der Waals surface area contributed by atoms with Gasteiger partial charge in [0.15, 0.2) is 0 Å². The van der Waals surface area contributed by atoms with E-state index < -0.39 is 0 Å². The van der Waals surface area contributed by atoms with Crippen LogP contribution in [-0.4, -0.2) is 30.8 Å². The van der Waals surface area contributed by atoms with Crippen LogP contribution in [0, 0.1) is 5.92 Å². The Kier molecular flexibility index (Phi) is 7.04. The molecule has 1 aromatic carbocycles. The fourth-order valence-electron chi connectivity index (χ4n) is 3.06. The van der Waals surface area contributed by atoms with Gasteiger partial charge < -0.3 is 14.8 Å². The Hall–Kier alpha value is -1.91. The summed E-state index contributed by atoms with van der Waals surface area (Å²) in [5.74, 6) is 1.82. The van der Waals surface area contributed by atoms with Crippen molar-refractivity contribution in [3.63, 3.8) is 0 Å². The average Bonchev–Trinajstić information content (AvgIpc) is 2.64. The summed E-state index contributed by atoms with van der Waals surface area (Å²) in [7, 11) is 0. The smallest absolute Gasteiger partial charge is 0.137 e. The summed E-state index contributed by atoms with van der Waals surface area (Å²) in [5, 5.41) is 3.35. The van der Waals surface area contributed by atoms with Crippen LogP contribution in [0.4, 0.5) is 0 Å². The van der Waals surface area contributed by atoms with Gasteiger partial charge in [0.25, 0.3) is 0 Å². The third-order valence-corrected chi connectivity index (χ3v) is 5.32. The van der Waals surface area contributed by atoms with E-state index in [-0.39, 0.29) is 0 Å². The topological polar surface area (TPSA) is 43.4 Å². The summed E-state index contributed by atoms with van der Waals surface area (Å²) < 4.78 is 11.7. The summed E-state index contributed by atoms with van der Waals surface area (Å²) in [6.45, 7) is 7.83. The molecule has 3 atom stereocenters. The van der Waals surface area contributed by atoms with Gasteiger partial charge in [-0.25, -0.2) is 0 Å². The van der Waals surface area contributed by atoms with Crippen LogP contribution in [0.3, 0.4) is 0 Å². The summed E-state index contributed by atoms with van der Waals surface area (Å²) >= 11 is 0. The number of hydrogen-bond donors (Lipinski definition) is 1. The molecule has 26 heavy (non-hydrogen) atoms. The second kappa shape index (κ2) is 9.70. The molecule has 1 aromatic heterocycles. The third-order valence-electron chi connectivity index (χ3n) is 5.32. The van der Waals surface area contributed by atoms with Crippen LogP contribution < -0.4 is 10.1 Å². The molecular weight excluding hydrogens is 324 g/mol. The molecular formula is C22H30N2O2. The van der Waals surface area contributed by atoms with Crippen LogP contribution in [0.1, 0.15) is 43.7 Å². The van der Waals surface area contributed by atoms with Gasteiger partial charge in [0.2, 0.25) is 0 Å². The number of nitrogens with zero attached hydrogens (tertiary/aromatic N) is 1. The van der Waals surface area contributed by atoms with Crippen LogP contribution >= 0.6 is 0 Å². The summed E-state index contributed by atoms with van der Waals surface area (Å²) in [6, 6.07) is 13.0. The molecule has 0 amide bonds. The Labute approximate surface area is 156 Å². The quantitative estimate of drug-likeness (QED) is 0.651. The zero-order valence-electron chi connectivity index (χ0n) is 15.9. The molecule has 2 heterocycles. The number of ether oxygens (including phenoxy) is 2. The highest BCUT2D eigenvalue weighted by Gasteiger charge is 2.18. The van der Waals surface area contributed by atoms with Crippen molar-refractivity contribution in [3.05, 3.63) is 59.9 Å². The van der Waals surface area contributed by atoms with E-state index in [1.807, 2.05) is 30.6 Å². The second-order valence-electron chi connectivity index (χ2n) is 7.30. The molecule has 0 radical (unpaired) electrons. The highest BCUT2D eigenvalue weighted by atomic mass is 16.5. The predicted molar refractivity (Wildman–Crippen MR) is 104 cm³/mol. The highest BCUT2D eigenvalue weighted by molar-refractivity contribution is 5.26. The summed E-state index contributed by atoms with van der Waals surface area (Å²) in [6.07, 6.45) is 6.00. The Morgan fingerprint density at radius 2 is 2.00 bits per heavy atom. The Bertz CT molecular complexity index is 658.